The fourth-order valence-electron chi connectivity index (χ4n) is 2.54. The molecule has 0 amide bonds. The third kappa shape index (κ3) is 8.34. The van der Waals surface area contributed by atoms with E-state index in [0.29, 0.717) is 11.5 Å². The van der Waals surface area contributed by atoms with Gasteiger partial charge in [0.2, 0.25) is 0 Å². The van der Waals surface area contributed by atoms with Crippen LogP contribution in [0.5, 0.6) is 11.5 Å². The Bertz CT molecular complexity index is 745. The fourth-order valence-corrected chi connectivity index (χ4v) is 3.09. The largest absolute Gasteiger partial charge is 1.00 e. The van der Waals surface area contributed by atoms with Crippen LogP contribution in [0, 0.1) is 0 Å². The molecule has 25 heavy (non-hydrogen) atoms. The van der Waals surface area contributed by atoms with Crippen molar-refractivity contribution in [2.45, 2.75) is 50.3 Å². The van der Waals surface area contributed by atoms with Crippen molar-refractivity contribution in [1.29, 1.82) is 0 Å². The topological polar surface area (TPSA) is 66.4 Å². The van der Waals surface area contributed by atoms with Gasteiger partial charge in [0, 0.05) is 0 Å². The van der Waals surface area contributed by atoms with Gasteiger partial charge in [-0.15, -0.1) is 0 Å². The van der Waals surface area contributed by atoms with Gasteiger partial charge in [-0.2, -0.15) is 0 Å². The first kappa shape index (κ1) is 22.8. The molecule has 0 radical (unpaired) electrons. The molecule has 2 aromatic rings. The molecule has 130 valence electrons. The van der Waals surface area contributed by atoms with Gasteiger partial charge in [0.05, 0.1) is 4.90 Å². The summed E-state index contributed by atoms with van der Waals surface area (Å²) in [7, 11) is -4.51. The van der Waals surface area contributed by atoms with Crippen LogP contribution in [0.3, 0.4) is 0 Å². The van der Waals surface area contributed by atoms with E-state index in [1.807, 2.05) is 24.3 Å². The van der Waals surface area contributed by atoms with Gasteiger partial charge in [-0.25, -0.2) is 8.42 Å². The minimum absolute atomic E-state index is 0. The first-order chi connectivity index (χ1) is 11.5. The molecule has 0 N–H and O–H groups in total. The molecule has 4 nitrogen and oxygen atoms in total. The quantitative estimate of drug-likeness (QED) is 0.375. The van der Waals surface area contributed by atoms with Crippen molar-refractivity contribution in [1.82, 2.24) is 0 Å². The van der Waals surface area contributed by atoms with Gasteiger partial charge in [-0.1, -0.05) is 50.8 Å². The maximum Gasteiger partial charge on any atom is 1.00 e. The van der Waals surface area contributed by atoms with Gasteiger partial charge in [-0.05, 0) is 48.7 Å². The molecule has 0 aliphatic rings. The molecule has 0 heterocycles. The van der Waals surface area contributed by atoms with Gasteiger partial charge < -0.3 is 9.29 Å². The summed E-state index contributed by atoms with van der Waals surface area (Å²) < 4.78 is 39.9. The van der Waals surface area contributed by atoms with Crippen LogP contribution in [0.15, 0.2) is 53.4 Å². The first-order valence-corrected chi connectivity index (χ1v) is 9.72. The fraction of sp³-hybridized carbons (Fsp3) is 0.368. The minimum Gasteiger partial charge on any atom is -0.744 e. The summed E-state index contributed by atoms with van der Waals surface area (Å²) in [5, 5.41) is 0. The van der Waals surface area contributed by atoms with Crippen molar-refractivity contribution >= 4 is 10.1 Å². The third-order valence-corrected chi connectivity index (χ3v) is 4.59. The number of unbranched alkanes of at least 4 members (excludes halogenated alkanes) is 4. The Labute approximate surface area is 193 Å². The van der Waals surface area contributed by atoms with E-state index in [-0.39, 0.29) is 56.3 Å². The van der Waals surface area contributed by atoms with Crippen LogP contribution in [0.25, 0.3) is 0 Å². The molecule has 0 atom stereocenters. The summed E-state index contributed by atoms with van der Waals surface area (Å²) in [6, 6.07) is 13.6. The Morgan fingerprint density at radius 3 is 2.24 bits per heavy atom. The summed E-state index contributed by atoms with van der Waals surface area (Å²) in [5.41, 5.74) is 0.814. The van der Waals surface area contributed by atoms with Crippen LogP contribution in [0.2, 0.25) is 0 Å². The molecule has 0 aliphatic heterocycles. The average Bonchev–Trinajstić information content (AvgIpc) is 2.55. The maximum atomic E-state index is 11.4. The molecule has 0 aromatic heterocycles. The number of rotatable bonds is 9. The van der Waals surface area contributed by atoms with E-state index >= 15 is 0 Å². The van der Waals surface area contributed by atoms with Crippen LogP contribution < -0.4 is 56.1 Å². The first-order valence-electron chi connectivity index (χ1n) is 8.32. The Morgan fingerprint density at radius 2 is 1.60 bits per heavy atom. The zero-order chi connectivity index (χ0) is 17.4. The molecule has 0 spiro atoms. The van der Waals surface area contributed by atoms with E-state index in [9.17, 15) is 13.0 Å². The van der Waals surface area contributed by atoms with Crippen molar-refractivity contribution in [2.75, 3.05) is 0 Å². The second kappa shape index (κ2) is 11.5. The predicted molar refractivity (Wildman–Crippen MR) is 93.4 cm³/mol. The third-order valence-electron chi connectivity index (χ3n) is 3.78. The molecular formula is C19H23KO4S. The molecule has 0 bridgehead atoms. The summed E-state index contributed by atoms with van der Waals surface area (Å²) in [6.07, 6.45) is 6.35. The van der Waals surface area contributed by atoms with Crippen LogP contribution in [0.1, 0.15) is 44.6 Å². The van der Waals surface area contributed by atoms with Crippen LogP contribution in [0.4, 0.5) is 0 Å². The zero-order valence-electron chi connectivity index (χ0n) is 14.9. The van der Waals surface area contributed by atoms with Crippen molar-refractivity contribution in [2.24, 2.45) is 0 Å². The standard InChI is InChI=1S/C19H24O4S.K/c1-2-3-4-5-7-10-16-13-18(15-19(14-16)24(20,21)22)23-17-11-8-6-9-12-17;/h6,8-9,11-15H,2-5,7,10H2,1H3,(H,20,21,22);/q;+1/p-1. The monoisotopic (exact) mass is 386 g/mol. The number of para-hydroxylation sites is 1. The van der Waals surface area contributed by atoms with E-state index in [2.05, 4.69) is 6.92 Å². The van der Waals surface area contributed by atoms with E-state index in [4.69, 9.17) is 4.74 Å². The number of ether oxygens (including phenoxy) is 1. The van der Waals surface area contributed by atoms with E-state index in [0.717, 1.165) is 24.8 Å². The number of aryl methyl sites for hydroxylation is 1. The van der Waals surface area contributed by atoms with Crippen molar-refractivity contribution in [3.8, 4) is 11.5 Å². The molecule has 0 unspecified atom stereocenters. The van der Waals surface area contributed by atoms with Crippen molar-refractivity contribution in [3.05, 3.63) is 54.1 Å². The zero-order valence-corrected chi connectivity index (χ0v) is 18.8. The van der Waals surface area contributed by atoms with Gasteiger partial charge in [0.25, 0.3) is 0 Å². The minimum atomic E-state index is -4.51. The SMILES string of the molecule is CCCCCCCc1cc(Oc2ccccc2)cc(S(=O)(=O)[O-])c1.[K+]. The smallest absolute Gasteiger partial charge is 0.744 e. The normalized spacial score (nSPS) is 11.0. The summed E-state index contributed by atoms with van der Waals surface area (Å²) in [4.78, 5) is -0.237. The molecule has 6 heteroatoms. The Hall–Kier alpha value is -0.214. The second-order valence-electron chi connectivity index (χ2n) is 5.85. The molecular weight excluding hydrogens is 363 g/mol. The van der Waals surface area contributed by atoms with Gasteiger partial charge >= 0.3 is 51.4 Å². The Morgan fingerprint density at radius 1 is 0.920 bits per heavy atom. The van der Waals surface area contributed by atoms with Crippen LogP contribution in [-0.2, 0) is 16.5 Å². The molecule has 0 saturated carbocycles. The number of hydrogen-bond donors (Lipinski definition) is 0. The van der Waals surface area contributed by atoms with Gasteiger partial charge in [0.1, 0.15) is 21.6 Å². The maximum absolute atomic E-state index is 11.4. The number of benzene rings is 2. The summed E-state index contributed by atoms with van der Waals surface area (Å²) in [6.45, 7) is 2.16. The Kier molecular flexibility index (Phi) is 10.5. The average molecular weight is 387 g/mol. The van der Waals surface area contributed by atoms with Crippen molar-refractivity contribution in [3.63, 3.8) is 0 Å². The van der Waals surface area contributed by atoms with E-state index in [1.165, 1.54) is 31.4 Å². The summed E-state index contributed by atoms with van der Waals surface area (Å²) in [5.74, 6) is 0.980. The molecule has 0 fully saturated rings. The second-order valence-corrected chi connectivity index (χ2v) is 7.23. The molecule has 2 rings (SSSR count). The molecule has 0 aliphatic carbocycles. The summed E-state index contributed by atoms with van der Waals surface area (Å²) >= 11 is 0. The van der Waals surface area contributed by atoms with Gasteiger partial charge in [-0.3, -0.25) is 0 Å². The molecule has 0 saturated heterocycles. The Balaban J connectivity index is 0.00000312. The van der Waals surface area contributed by atoms with E-state index in [1.54, 1.807) is 12.1 Å². The van der Waals surface area contributed by atoms with Gasteiger partial charge in [0.15, 0.2) is 0 Å². The number of hydrogen-bond acceptors (Lipinski definition) is 4. The van der Waals surface area contributed by atoms with Crippen LogP contribution >= 0.6 is 0 Å². The van der Waals surface area contributed by atoms with Crippen LogP contribution in [-0.4, -0.2) is 13.0 Å². The predicted octanol–water partition coefficient (Wildman–Crippen LogP) is 1.90. The van der Waals surface area contributed by atoms with E-state index < -0.39 is 10.1 Å². The van der Waals surface area contributed by atoms with Crippen molar-refractivity contribution < 1.29 is 69.1 Å². The molecule has 2 aromatic carbocycles.